The number of carbonyl (C=O) groups excluding carboxylic acids is 1. The number of phosphoric acid groups is 1. The van der Waals surface area contributed by atoms with E-state index >= 15 is 0 Å². The molecule has 1 aromatic heterocycles. The monoisotopic (exact) mass is 487 g/mol. The molecule has 0 radical (unpaired) electrons. The van der Waals surface area contributed by atoms with E-state index in [2.05, 4.69) is 15.0 Å². The summed E-state index contributed by atoms with van der Waals surface area (Å²) in [5, 5.41) is 3.77. The van der Waals surface area contributed by atoms with Crippen molar-refractivity contribution in [2.24, 2.45) is 11.0 Å². The number of nitrogens with one attached hydrogen (secondary N) is 1. The molecule has 1 aromatic rings. The standard InChI is InChI=1S/C18H26N5O9P/c1-10(2)30-15(25)11(3)6-8-28-33(27)29-9-12-14(32-33)18(4,21-22-19)16(31-12)23-7-5-13(24)20-17(23)26/h5,7,10-12,14,16H,6,8-9H2,1-4H3,(H,20,24,26)/t11?,12-,14-,16-,18-,33-/m1/s1. The zero-order chi connectivity index (χ0) is 24.4. The molecule has 2 fully saturated rings. The first kappa shape index (κ1) is 25.2. The van der Waals surface area contributed by atoms with Crippen LogP contribution in [0.2, 0.25) is 0 Å². The topological polar surface area (TPSA) is 184 Å². The number of esters is 1. The zero-order valence-corrected chi connectivity index (χ0v) is 19.5. The predicted octanol–water partition coefficient (Wildman–Crippen LogP) is 2.02. The van der Waals surface area contributed by atoms with Crippen LogP contribution in [0.5, 0.6) is 0 Å². The molecule has 0 aliphatic carbocycles. The van der Waals surface area contributed by atoms with Gasteiger partial charge in [0.15, 0.2) is 6.23 Å². The normalized spacial score (nSPS) is 32.1. The van der Waals surface area contributed by atoms with E-state index in [0.717, 1.165) is 10.6 Å². The molecule has 1 N–H and O–H groups in total. The maximum absolute atomic E-state index is 13.1. The number of aromatic amines is 1. The second kappa shape index (κ2) is 9.80. The summed E-state index contributed by atoms with van der Waals surface area (Å²) >= 11 is 0. The van der Waals surface area contributed by atoms with E-state index in [1.165, 1.54) is 13.1 Å². The van der Waals surface area contributed by atoms with Crippen molar-refractivity contribution >= 4 is 13.8 Å². The predicted molar refractivity (Wildman–Crippen MR) is 112 cm³/mol. The molecule has 182 valence electrons. The summed E-state index contributed by atoms with van der Waals surface area (Å²) in [5.74, 6) is -0.914. The van der Waals surface area contributed by atoms with Crippen molar-refractivity contribution in [3.05, 3.63) is 43.5 Å². The van der Waals surface area contributed by atoms with E-state index in [0.29, 0.717) is 0 Å². The molecular formula is C18H26N5O9P. The van der Waals surface area contributed by atoms with Crippen molar-refractivity contribution in [3.63, 3.8) is 0 Å². The van der Waals surface area contributed by atoms with Crippen LogP contribution in [0.25, 0.3) is 10.4 Å². The van der Waals surface area contributed by atoms with Crippen LogP contribution in [0.3, 0.4) is 0 Å². The van der Waals surface area contributed by atoms with Gasteiger partial charge in [-0.25, -0.2) is 9.36 Å². The first-order valence-electron chi connectivity index (χ1n) is 10.3. The molecule has 0 amide bonds. The number of ether oxygens (including phenoxy) is 2. The second-order valence-corrected chi connectivity index (χ2v) is 9.86. The third-order valence-electron chi connectivity index (χ3n) is 5.28. The van der Waals surface area contributed by atoms with Gasteiger partial charge in [-0.15, -0.1) is 0 Å². The summed E-state index contributed by atoms with van der Waals surface area (Å²) in [7, 11) is -4.10. The van der Waals surface area contributed by atoms with E-state index in [1.807, 2.05) is 0 Å². The van der Waals surface area contributed by atoms with Gasteiger partial charge >= 0.3 is 19.5 Å². The van der Waals surface area contributed by atoms with Gasteiger partial charge in [0.1, 0.15) is 17.7 Å². The fraction of sp³-hybridized carbons (Fsp3) is 0.722. The third kappa shape index (κ3) is 5.37. The van der Waals surface area contributed by atoms with E-state index in [9.17, 15) is 18.9 Å². The van der Waals surface area contributed by atoms with Crippen LogP contribution >= 0.6 is 7.82 Å². The van der Waals surface area contributed by atoms with Crippen molar-refractivity contribution in [2.75, 3.05) is 13.2 Å². The number of rotatable bonds is 8. The summed E-state index contributed by atoms with van der Waals surface area (Å²) in [6.07, 6.45) is -1.95. The van der Waals surface area contributed by atoms with Gasteiger partial charge in [-0.2, -0.15) is 0 Å². The van der Waals surface area contributed by atoms with Crippen LogP contribution < -0.4 is 11.2 Å². The Morgan fingerprint density at radius 1 is 1.45 bits per heavy atom. The van der Waals surface area contributed by atoms with Crippen LogP contribution in [-0.2, 0) is 32.4 Å². The second-order valence-electron chi connectivity index (χ2n) is 8.24. The fourth-order valence-corrected chi connectivity index (χ4v) is 5.05. The number of fused-ring (bicyclic) bond motifs is 1. The highest BCUT2D eigenvalue weighted by Gasteiger charge is 2.60. The molecule has 2 aliphatic heterocycles. The van der Waals surface area contributed by atoms with Crippen molar-refractivity contribution < 1.29 is 32.4 Å². The Balaban J connectivity index is 1.74. The van der Waals surface area contributed by atoms with E-state index in [-0.39, 0.29) is 25.7 Å². The minimum atomic E-state index is -4.10. The van der Waals surface area contributed by atoms with Gasteiger partial charge in [-0.3, -0.25) is 32.7 Å². The molecule has 0 saturated carbocycles. The Hall–Kier alpha value is -2.47. The molecular weight excluding hydrogens is 461 g/mol. The number of phosphoric ester groups is 1. The number of aromatic nitrogens is 2. The van der Waals surface area contributed by atoms with Gasteiger partial charge in [0.25, 0.3) is 5.56 Å². The first-order valence-corrected chi connectivity index (χ1v) is 11.8. The maximum atomic E-state index is 13.1. The zero-order valence-electron chi connectivity index (χ0n) is 18.6. The molecule has 0 aromatic carbocycles. The Kier molecular flexibility index (Phi) is 7.47. The third-order valence-corrected chi connectivity index (χ3v) is 6.72. The Morgan fingerprint density at radius 2 is 2.18 bits per heavy atom. The van der Waals surface area contributed by atoms with Gasteiger partial charge in [-0.1, -0.05) is 12.0 Å². The molecule has 14 nitrogen and oxygen atoms in total. The fourth-order valence-electron chi connectivity index (χ4n) is 3.56. The van der Waals surface area contributed by atoms with E-state index < -0.39 is 54.9 Å². The Morgan fingerprint density at radius 3 is 2.82 bits per heavy atom. The molecule has 2 aliphatic rings. The highest BCUT2D eigenvalue weighted by molar-refractivity contribution is 7.48. The Labute approximate surface area is 188 Å². The van der Waals surface area contributed by atoms with Crippen LogP contribution in [0.1, 0.15) is 40.3 Å². The number of carbonyl (C=O) groups is 1. The molecule has 2 saturated heterocycles. The smallest absolute Gasteiger partial charge is 0.463 e. The lowest BCUT2D eigenvalue weighted by atomic mass is 9.93. The van der Waals surface area contributed by atoms with E-state index in [1.54, 1.807) is 20.8 Å². The quantitative estimate of drug-likeness (QED) is 0.188. The number of hydrogen-bond acceptors (Lipinski definition) is 10. The molecule has 0 bridgehead atoms. The SMILES string of the molecule is CC(C)OC(=O)C(C)CCO[P@]1(=O)OC[C@H]2O[C@@H](n3ccc(=O)[nH]c3=O)[C@](C)(N=[N+]=[N-])[C@@H]2O1. The number of hydrogen-bond donors (Lipinski definition) is 1. The molecule has 0 spiro atoms. The molecule has 15 heteroatoms. The maximum Gasteiger partial charge on any atom is 0.475 e. The highest BCUT2D eigenvalue weighted by Crippen LogP contribution is 2.59. The lowest BCUT2D eigenvalue weighted by Gasteiger charge is -2.35. The van der Waals surface area contributed by atoms with Gasteiger partial charge in [0.2, 0.25) is 0 Å². The minimum absolute atomic E-state index is 0.120. The summed E-state index contributed by atoms with van der Waals surface area (Å²) in [5.41, 5.74) is 6.21. The van der Waals surface area contributed by atoms with Crippen LogP contribution in [0, 0.1) is 5.92 Å². The molecule has 33 heavy (non-hydrogen) atoms. The Bertz CT molecular complexity index is 1100. The molecule has 3 heterocycles. The summed E-state index contributed by atoms with van der Waals surface area (Å²) < 4.78 is 41.3. The lowest BCUT2D eigenvalue weighted by Crippen LogP contribution is -2.47. The molecule has 6 atom stereocenters. The van der Waals surface area contributed by atoms with Gasteiger partial charge in [0, 0.05) is 17.2 Å². The first-order chi connectivity index (χ1) is 15.5. The van der Waals surface area contributed by atoms with Gasteiger partial charge < -0.3 is 9.47 Å². The van der Waals surface area contributed by atoms with Crippen LogP contribution in [-0.4, -0.2) is 52.6 Å². The van der Waals surface area contributed by atoms with Crippen molar-refractivity contribution in [1.82, 2.24) is 9.55 Å². The van der Waals surface area contributed by atoms with E-state index in [4.69, 9.17) is 28.6 Å². The summed E-state index contributed by atoms with van der Waals surface area (Å²) in [4.78, 5) is 40.5. The molecule has 3 rings (SSSR count). The van der Waals surface area contributed by atoms with Crippen molar-refractivity contribution in [2.45, 2.75) is 64.2 Å². The summed E-state index contributed by atoms with van der Waals surface area (Å²) in [6, 6.07) is 1.11. The average molecular weight is 487 g/mol. The minimum Gasteiger partial charge on any atom is -0.463 e. The molecule has 1 unspecified atom stereocenters. The van der Waals surface area contributed by atoms with Crippen LogP contribution in [0.15, 0.2) is 27.0 Å². The highest BCUT2D eigenvalue weighted by atomic mass is 31.2. The summed E-state index contributed by atoms with van der Waals surface area (Å²) in [6.45, 7) is 6.25. The lowest BCUT2D eigenvalue weighted by molar-refractivity contribution is -0.152. The largest absolute Gasteiger partial charge is 0.475 e. The average Bonchev–Trinajstić information content (AvgIpc) is 2.99. The number of H-pyrrole nitrogens is 1. The van der Waals surface area contributed by atoms with Crippen LogP contribution in [0.4, 0.5) is 0 Å². The van der Waals surface area contributed by atoms with Crippen molar-refractivity contribution in [1.29, 1.82) is 0 Å². The number of azide groups is 1. The van der Waals surface area contributed by atoms with Gasteiger partial charge in [0.05, 0.1) is 25.2 Å². The van der Waals surface area contributed by atoms with Crippen molar-refractivity contribution in [3.8, 4) is 0 Å². The van der Waals surface area contributed by atoms with Gasteiger partial charge in [-0.05, 0) is 32.7 Å². The number of nitrogens with zero attached hydrogens (tertiary/aromatic N) is 4.